The second-order valence-electron chi connectivity index (χ2n) is 3.82. The van der Waals surface area contributed by atoms with Gasteiger partial charge in [-0.15, -0.1) is 0 Å². The highest BCUT2D eigenvalue weighted by Crippen LogP contribution is 2.16. The highest BCUT2D eigenvalue weighted by molar-refractivity contribution is 9.10. The van der Waals surface area contributed by atoms with Crippen molar-refractivity contribution in [1.82, 2.24) is 0 Å². The number of alkyl halides is 1. The van der Waals surface area contributed by atoms with Crippen molar-refractivity contribution in [2.24, 2.45) is 0 Å². The van der Waals surface area contributed by atoms with Crippen LogP contribution in [-0.4, -0.2) is 24.8 Å². The zero-order valence-corrected chi connectivity index (χ0v) is 12.7. The molecule has 0 aromatic heterocycles. The molecule has 4 nitrogen and oxygen atoms in total. The van der Waals surface area contributed by atoms with Crippen LogP contribution in [0, 0.1) is 0 Å². The summed E-state index contributed by atoms with van der Waals surface area (Å²) in [6, 6.07) is 6.44. The van der Waals surface area contributed by atoms with Crippen LogP contribution in [0.15, 0.2) is 24.3 Å². The summed E-state index contributed by atoms with van der Waals surface area (Å²) in [5, 5.41) is 0. The molecular formula is C12H16BrNO3S. The first-order valence-corrected chi connectivity index (χ1v) is 8.25. The number of carbonyl (C=O) groups is 1. The van der Waals surface area contributed by atoms with E-state index in [-0.39, 0.29) is 16.4 Å². The lowest BCUT2D eigenvalue weighted by molar-refractivity contribution is 0.0990. The summed E-state index contributed by atoms with van der Waals surface area (Å²) in [6.07, 6.45) is 0.711. The topological polar surface area (TPSA) is 63.2 Å². The first kappa shape index (κ1) is 15.2. The van der Waals surface area contributed by atoms with Gasteiger partial charge in [-0.1, -0.05) is 22.9 Å². The van der Waals surface area contributed by atoms with E-state index in [1.165, 1.54) is 0 Å². The van der Waals surface area contributed by atoms with Gasteiger partial charge in [0.1, 0.15) is 0 Å². The Morgan fingerprint density at radius 3 is 2.28 bits per heavy atom. The first-order valence-electron chi connectivity index (χ1n) is 5.68. The number of ketones is 1. The fourth-order valence-electron chi connectivity index (χ4n) is 1.32. The molecule has 100 valence electrons. The molecule has 6 heteroatoms. The van der Waals surface area contributed by atoms with Gasteiger partial charge in [-0.2, -0.15) is 0 Å². The van der Waals surface area contributed by atoms with Crippen molar-refractivity contribution >= 4 is 37.4 Å². The Kier molecular flexibility index (Phi) is 5.34. The van der Waals surface area contributed by atoms with Crippen LogP contribution in [0.1, 0.15) is 30.6 Å². The van der Waals surface area contributed by atoms with Crippen LogP contribution in [0.3, 0.4) is 0 Å². The smallest absolute Gasteiger partial charge is 0.232 e. The van der Waals surface area contributed by atoms with Crippen LogP contribution < -0.4 is 4.72 Å². The summed E-state index contributed by atoms with van der Waals surface area (Å²) in [5.74, 6) is 0.0230. The SMILES string of the molecule is CCC(Br)C(=O)c1ccc(NS(=O)(=O)CC)cc1. The molecule has 1 rings (SSSR count). The van der Waals surface area contributed by atoms with E-state index in [2.05, 4.69) is 20.7 Å². The number of anilines is 1. The van der Waals surface area contributed by atoms with Gasteiger partial charge in [-0.25, -0.2) is 8.42 Å². The monoisotopic (exact) mass is 333 g/mol. The number of carbonyl (C=O) groups excluding carboxylic acids is 1. The van der Waals surface area contributed by atoms with E-state index < -0.39 is 10.0 Å². The van der Waals surface area contributed by atoms with Crippen LogP contribution in [0.25, 0.3) is 0 Å². The molecule has 0 spiro atoms. The van der Waals surface area contributed by atoms with Crippen LogP contribution in [0.5, 0.6) is 0 Å². The fourth-order valence-corrected chi connectivity index (χ4v) is 2.22. The van der Waals surface area contributed by atoms with Gasteiger partial charge < -0.3 is 0 Å². The minimum Gasteiger partial charge on any atom is -0.293 e. The summed E-state index contributed by atoms with van der Waals surface area (Å²) in [7, 11) is -3.27. The molecule has 1 atom stereocenters. The van der Waals surface area contributed by atoms with Crippen molar-refractivity contribution in [3.05, 3.63) is 29.8 Å². The predicted octanol–water partition coefficient (Wildman–Crippen LogP) is 2.80. The van der Waals surface area contributed by atoms with Gasteiger partial charge in [0.05, 0.1) is 10.6 Å². The molecule has 0 aliphatic carbocycles. The summed E-state index contributed by atoms with van der Waals surface area (Å²) >= 11 is 3.30. The number of rotatable bonds is 6. The van der Waals surface area contributed by atoms with Crippen molar-refractivity contribution in [3.63, 3.8) is 0 Å². The van der Waals surface area contributed by atoms with Crippen molar-refractivity contribution in [1.29, 1.82) is 0 Å². The zero-order chi connectivity index (χ0) is 13.8. The number of nitrogens with one attached hydrogen (secondary N) is 1. The van der Waals surface area contributed by atoms with Crippen LogP contribution >= 0.6 is 15.9 Å². The van der Waals surface area contributed by atoms with E-state index in [0.717, 1.165) is 0 Å². The van der Waals surface area contributed by atoms with Gasteiger partial charge in [-0.05, 0) is 37.6 Å². The van der Waals surface area contributed by atoms with E-state index in [4.69, 9.17) is 0 Å². The minimum absolute atomic E-state index is 0.00222. The van der Waals surface area contributed by atoms with Crippen molar-refractivity contribution in [2.45, 2.75) is 25.1 Å². The molecule has 0 bridgehead atoms. The van der Waals surface area contributed by atoms with Gasteiger partial charge in [0.15, 0.2) is 5.78 Å². The molecule has 18 heavy (non-hydrogen) atoms. The first-order chi connectivity index (χ1) is 8.39. The summed E-state index contributed by atoms with van der Waals surface area (Å²) in [5.41, 5.74) is 1.04. The third-order valence-electron chi connectivity index (χ3n) is 2.47. The zero-order valence-electron chi connectivity index (χ0n) is 10.3. The number of hydrogen-bond donors (Lipinski definition) is 1. The lowest BCUT2D eigenvalue weighted by atomic mass is 10.1. The highest BCUT2D eigenvalue weighted by Gasteiger charge is 2.15. The van der Waals surface area contributed by atoms with Crippen molar-refractivity contribution in [2.75, 3.05) is 10.5 Å². The highest BCUT2D eigenvalue weighted by atomic mass is 79.9. The standard InChI is InChI=1S/C12H16BrNO3S/c1-3-11(13)12(15)9-5-7-10(8-6-9)14-18(16,17)4-2/h5-8,11,14H,3-4H2,1-2H3. The Labute approximate surface area is 116 Å². The van der Waals surface area contributed by atoms with Crippen LogP contribution in [0.2, 0.25) is 0 Å². The molecular weight excluding hydrogens is 318 g/mol. The van der Waals surface area contributed by atoms with Gasteiger partial charge in [0, 0.05) is 11.3 Å². The van der Waals surface area contributed by atoms with E-state index in [9.17, 15) is 13.2 Å². The van der Waals surface area contributed by atoms with Crippen molar-refractivity contribution in [3.8, 4) is 0 Å². The average Bonchev–Trinajstić information content (AvgIpc) is 2.37. The second kappa shape index (κ2) is 6.33. The number of sulfonamides is 1. The number of hydrogen-bond acceptors (Lipinski definition) is 3. The third kappa shape index (κ3) is 4.10. The molecule has 0 radical (unpaired) electrons. The van der Waals surface area contributed by atoms with Gasteiger partial charge >= 0.3 is 0 Å². The Balaban J connectivity index is 2.84. The molecule has 1 aromatic carbocycles. The van der Waals surface area contributed by atoms with Crippen molar-refractivity contribution < 1.29 is 13.2 Å². The quantitative estimate of drug-likeness (QED) is 0.643. The Bertz CT molecular complexity index is 511. The second-order valence-corrected chi connectivity index (χ2v) is 6.94. The molecule has 0 amide bonds. The predicted molar refractivity (Wildman–Crippen MR) is 76.9 cm³/mol. The maximum Gasteiger partial charge on any atom is 0.232 e. The molecule has 1 unspecified atom stereocenters. The Hall–Kier alpha value is -0.880. The number of Topliss-reactive ketones (excluding diaryl/α,β-unsaturated/α-hetero) is 1. The lowest BCUT2D eigenvalue weighted by Gasteiger charge is -2.08. The maximum absolute atomic E-state index is 11.8. The third-order valence-corrected chi connectivity index (χ3v) is 4.84. The van der Waals surface area contributed by atoms with Gasteiger partial charge in [-0.3, -0.25) is 9.52 Å². The molecule has 0 saturated heterocycles. The number of halogens is 1. The Morgan fingerprint density at radius 1 is 1.28 bits per heavy atom. The summed E-state index contributed by atoms with van der Waals surface area (Å²) in [6.45, 7) is 3.48. The molecule has 1 N–H and O–H groups in total. The maximum atomic E-state index is 11.8. The lowest BCUT2D eigenvalue weighted by Crippen LogP contribution is -2.15. The summed E-state index contributed by atoms with van der Waals surface area (Å²) in [4.78, 5) is 11.6. The van der Waals surface area contributed by atoms with E-state index in [0.29, 0.717) is 17.7 Å². The van der Waals surface area contributed by atoms with E-state index in [1.807, 2.05) is 6.92 Å². The van der Waals surface area contributed by atoms with E-state index in [1.54, 1.807) is 31.2 Å². The average molecular weight is 334 g/mol. The Morgan fingerprint density at radius 2 is 1.83 bits per heavy atom. The van der Waals surface area contributed by atoms with Gasteiger partial charge in [0.2, 0.25) is 10.0 Å². The van der Waals surface area contributed by atoms with Crippen LogP contribution in [-0.2, 0) is 10.0 Å². The molecule has 0 aliphatic rings. The fraction of sp³-hybridized carbons (Fsp3) is 0.417. The summed E-state index contributed by atoms with van der Waals surface area (Å²) < 4.78 is 25.1. The molecule has 0 saturated carbocycles. The van der Waals surface area contributed by atoms with Gasteiger partial charge in [0.25, 0.3) is 0 Å². The normalized spacial score (nSPS) is 13.1. The molecule has 1 aromatic rings. The molecule has 0 aliphatic heterocycles. The van der Waals surface area contributed by atoms with E-state index >= 15 is 0 Å². The number of benzene rings is 1. The minimum atomic E-state index is -3.27. The largest absolute Gasteiger partial charge is 0.293 e. The molecule has 0 fully saturated rings. The molecule has 0 heterocycles. The van der Waals surface area contributed by atoms with Crippen LogP contribution in [0.4, 0.5) is 5.69 Å².